The Morgan fingerprint density at radius 3 is 2.94 bits per heavy atom. The first-order valence-corrected chi connectivity index (χ1v) is 5.59. The zero-order valence-corrected chi connectivity index (χ0v) is 10.3. The largest absolute Gasteiger partial charge is 0.397 e. The monoisotopic (exact) mass is 245 g/mol. The lowest BCUT2D eigenvalue weighted by Gasteiger charge is -2.13. The van der Waals surface area contributed by atoms with E-state index in [0.29, 0.717) is 16.9 Å². The highest BCUT2D eigenvalue weighted by Gasteiger charge is 2.14. The molecule has 2 heterocycles. The molecule has 0 fully saturated rings. The van der Waals surface area contributed by atoms with Gasteiger partial charge in [-0.25, -0.2) is 0 Å². The molecule has 1 atom stereocenters. The van der Waals surface area contributed by atoms with Gasteiger partial charge in [0.2, 0.25) is 0 Å². The van der Waals surface area contributed by atoms with Gasteiger partial charge in [0.05, 0.1) is 35.4 Å². The zero-order valence-electron chi connectivity index (χ0n) is 10.3. The second-order valence-corrected chi connectivity index (χ2v) is 4.13. The second kappa shape index (κ2) is 4.87. The van der Waals surface area contributed by atoms with E-state index in [9.17, 15) is 4.79 Å². The van der Waals surface area contributed by atoms with E-state index in [0.717, 1.165) is 5.56 Å². The lowest BCUT2D eigenvalue weighted by Crippen LogP contribution is -2.27. The summed E-state index contributed by atoms with van der Waals surface area (Å²) in [5, 5.41) is 9.43. The lowest BCUT2D eigenvalue weighted by atomic mass is 10.1. The minimum atomic E-state index is -0.194. The molecule has 0 aliphatic heterocycles. The summed E-state index contributed by atoms with van der Waals surface area (Å²) in [4.78, 5) is 16.2. The number of aromatic amines is 1. The summed E-state index contributed by atoms with van der Waals surface area (Å²) in [5.41, 5.74) is 8.17. The van der Waals surface area contributed by atoms with Gasteiger partial charge in [-0.05, 0) is 19.9 Å². The second-order valence-electron chi connectivity index (χ2n) is 4.13. The minimum Gasteiger partial charge on any atom is -0.397 e. The van der Waals surface area contributed by atoms with E-state index >= 15 is 0 Å². The van der Waals surface area contributed by atoms with Crippen LogP contribution in [0.3, 0.4) is 0 Å². The molecule has 6 nitrogen and oxygen atoms in total. The Morgan fingerprint density at radius 2 is 2.28 bits per heavy atom. The lowest BCUT2D eigenvalue weighted by molar-refractivity contribution is 0.0939. The number of anilines is 1. The number of carbonyl (C=O) groups is 1. The number of nitrogen functional groups attached to an aromatic ring is 1. The molecule has 1 unspecified atom stereocenters. The van der Waals surface area contributed by atoms with Crippen LogP contribution in [0, 0.1) is 6.92 Å². The maximum Gasteiger partial charge on any atom is 0.253 e. The molecule has 18 heavy (non-hydrogen) atoms. The van der Waals surface area contributed by atoms with Gasteiger partial charge in [-0.3, -0.25) is 14.9 Å². The van der Waals surface area contributed by atoms with Gasteiger partial charge in [-0.1, -0.05) is 0 Å². The third-order valence-corrected chi connectivity index (χ3v) is 2.72. The molecule has 2 aromatic heterocycles. The van der Waals surface area contributed by atoms with Gasteiger partial charge in [0.25, 0.3) is 5.91 Å². The molecular formula is C12H15N5O. The van der Waals surface area contributed by atoms with Crippen molar-refractivity contribution in [1.29, 1.82) is 0 Å². The van der Waals surface area contributed by atoms with E-state index in [-0.39, 0.29) is 11.9 Å². The SMILES string of the molecule is Cc1ncc(N)cc1C(=O)NC(C)c1cn[nH]c1. The van der Waals surface area contributed by atoms with Crippen LogP contribution in [-0.4, -0.2) is 21.1 Å². The molecule has 4 N–H and O–H groups in total. The van der Waals surface area contributed by atoms with Crippen LogP contribution in [0.1, 0.15) is 34.6 Å². The van der Waals surface area contributed by atoms with Crippen molar-refractivity contribution >= 4 is 11.6 Å². The summed E-state index contributed by atoms with van der Waals surface area (Å²) in [6.07, 6.45) is 4.95. The molecule has 0 radical (unpaired) electrons. The molecule has 0 bridgehead atoms. The van der Waals surface area contributed by atoms with Gasteiger partial charge in [0, 0.05) is 11.8 Å². The van der Waals surface area contributed by atoms with E-state index in [1.165, 1.54) is 6.20 Å². The van der Waals surface area contributed by atoms with Crippen molar-refractivity contribution in [2.45, 2.75) is 19.9 Å². The summed E-state index contributed by atoms with van der Waals surface area (Å²) in [6.45, 7) is 3.66. The van der Waals surface area contributed by atoms with Gasteiger partial charge in [0.1, 0.15) is 0 Å². The molecule has 1 amide bonds. The van der Waals surface area contributed by atoms with Crippen LogP contribution in [0.4, 0.5) is 5.69 Å². The summed E-state index contributed by atoms with van der Waals surface area (Å²) in [5.74, 6) is -0.194. The number of hydrogen-bond donors (Lipinski definition) is 3. The number of aryl methyl sites for hydroxylation is 1. The Bertz CT molecular complexity index is 550. The predicted molar refractivity (Wildman–Crippen MR) is 67.9 cm³/mol. The zero-order chi connectivity index (χ0) is 13.1. The molecule has 0 saturated carbocycles. The fraction of sp³-hybridized carbons (Fsp3) is 0.250. The molecule has 0 aliphatic carbocycles. The van der Waals surface area contributed by atoms with Gasteiger partial charge in [-0.2, -0.15) is 5.10 Å². The summed E-state index contributed by atoms with van der Waals surface area (Å²) in [7, 11) is 0. The maximum atomic E-state index is 12.1. The Labute approximate surface area is 105 Å². The van der Waals surface area contributed by atoms with E-state index in [2.05, 4.69) is 20.5 Å². The molecular weight excluding hydrogens is 230 g/mol. The van der Waals surface area contributed by atoms with E-state index < -0.39 is 0 Å². The van der Waals surface area contributed by atoms with Crippen molar-refractivity contribution in [3.05, 3.63) is 41.5 Å². The number of H-pyrrole nitrogens is 1. The van der Waals surface area contributed by atoms with Crippen molar-refractivity contribution in [2.24, 2.45) is 0 Å². The van der Waals surface area contributed by atoms with Gasteiger partial charge in [-0.15, -0.1) is 0 Å². The fourth-order valence-electron chi connectivity index (χ4n) is 1.63. The number of nitrogens with zero attached hydrogens (tertiary/aromatic N) is 2. The van der Waals surface area contributed by atoms with Gasteiger partial charge >= 0.3 is 0 Å². The Balaban J connectivity index is 2.15. The first kappa shape index (κ1) is 12.1. The third-order valence-electron chi connectivity index (χ3n) is 2.72. The molecule has 0 aromatic carbocycles. The number of rotatable bonds is 3. The smallest absolute Gasteiger partial charge is 0.253 e. The van der Waals surface area contributed by atoms with Crippen molar-refractivity contribution in [3.8, 4) is 0 Å². The van der Waals surface area contributed by atoms with E-state index in [1.54, 1.807) is 25.4 Å². The number of amides is 1. The Hall–Kier alpha value is -2.37. The molecule has 2 rings (SSSR count). The molecule has 0 spiro atoms. The topological polar surface area (TPSA) is 96.7 Å². The van der Waals surface area contributed by atoms with Crippen LogP contribution in [0.25, 0.3) is 0 Å². The van der Waals surface area contributed by atoms with Crippen LogP contribution in [0.2, 0.25) is 0 Å². The first-order valence-electron chi connectivity index (χ1n) is 5.59. The van der Waals surface area contributed by atoms with E-state index in [4.69, 9.17) is 5.73 Å². The summed E-state index contributed by atoms with van der Waals surface area (Å²) in [6, 6.07) is 1.50. The molecule has 2 aromatic rings. The summed E-state index contributed by atoms with van der Waals surface area (Å²) >= 11 is 0. The molecule has 6 heteroatoms. The van der Waals surface area contributed by atoms with Crippen LogP contribution in [0.15, 0.2) is 24.7 Å². The van der Waals surface area contributed by atoms with Crippen molar-refractivity contribution < 1.29 is 4.79 Å². The summed E-state index contributed by atoms with van der Waals surface area (Å²) < 4.78 is 0. The number of nitrogens with one attached hydrogen (secondary N) is 2. The van der Waals surface area contributed by atoms with Crippen LogP contribution < -0.4 is 11.1 Å². The number of hydrogen-bond acceptors (Lipinski definition) is 4. The van der Waals surface area contributed by atoms with Crippen LogP contribution in [0.5, 0.6) is 0 Å². The highest BCUT2D eigenvalue weighted by molar-refractivity contribution is 5.96. The Morgan fingerprint density at radius 1 is 1.50 bits per heavy atom. The normalized spacial score (nSPS) is 12.1. The quantitative estimate of drug-likeness (QED) is 0.756. The third kappa shape index (κ3) is 2.48. The molecule has 0 saturated heterocycles. The molecule has 94 valence electrons. The van der Waals surface area contributed by atoms with Gasteiger partial charge in [0.15, 0.2) is 0 Å². The number of pyridine rings is 1. The number of carbonyl (C=O) groups excluding carboxylic acids is 1. The molecule has 0 aliphatic rings. The van der Waals surface area contributed by atoms with Crippen LogP contribution in [-0.2, 0) is 0 Å². The number of nitrogens with two attached hydrogens (primary N) is 1. The Kier molecular flexibility index (Phi) is 3.27. The fourth-order valence-corrected chi connectivity index (χ4v) is 1.63. The predicted octanol–water partition coefficient (Wildman–Crippen LogP) is 1.19. The maximum absolute atomic E-state index is 12.1. The number of aromatic nitrogens is 3. The first-order chi connectivity index (χ1) is 8.58. The standard InChI is InChI=1S/C12H15N5O/c1-7(9-4-15-16-5-9)17-12(18)11-3-10(13)6-14-8(11)2/h3-7H,13H2,1-2H3,(H,15,16)(H,17,18). The highest BCUT2D eigenvalue weighted by Crippen LogP contribution is 2.13. The van der Waals surface area contributed by atoms with Crippen molar-refractivity contribution in [3.63, 3.8) is 0 Å². The average Bonchev–Trinajstić information content (AvgIpc) is 2.85. The van der Waals surface area contributed by atoms with E-state index in [1.807, 2.05) is 6.92 Å². The average molecular weight is 245 g/mol. The van der Waals surface area contributed by atoms with Crippen molar-refractivity contribution in [1.82, 2.24) is 20.5 Å². The van der Waals surface area contributed by atoms with Crippen LogP contribution >= 0.6 is 0 Å². The highest BCUT2D eigenvalue weighted by atomic mass is 16.1. The van der Waals surface area contributed by atoms with Crippen molar-refractivity contribution in [2.75, 3.05) is 5.73 Å². The van der Waals surface area contributed by atoms with Gasteiger partial charge < -0.3 is 11.1 Å². The minimum absolute atomic E-state index is 0.128.